The lowest BCUT2D eigenvalue weighted by atomic mass is 10.0. The summed E-state index contributed by atoms with van der Waals surface area (Å²) in [6.07, 6.45) is 2.91. The Labute approximate surface area is 238 Å². The van der Waals surface area contributed by atoms with Gasteiger partial charge in [0.2, 0.25) is 24.4 Å². The Bertz CT molecular complexity index is 1440. The maximum Gasteiger partial charge on any atom is 0.251 e. The van der Waals surface area contributed by atoms with Crippen LogP contribution in [0.1, 0.15) is 40.5 Å². The largest absolute Gasteiger partial charge is 0.495 e. The number of halogens is 4. The van der Waals surface area contributed by atoms with Crippen LogP contribution in [0.2, 0.25) is 0 Å². The monoisotopic (exact) mass is 592 g/mol. The number of methoxy groups -OCH3 is 1. The molecule has 15 heteroatoms. The number of benzene rings is 2. The zero-order valence-electron chi connectivity index (χ0n) is 22.9. The lowest BCUT2D eigenvalue weighted by Gasteiger charge is -2.29. The predicted octanol–water partition coefficient (Wildman–Crippen LogP) is 4.19. The standard InChI is InChI=1S/C27H28F4N6O5/c1-14(38)17-12-32-27(35-25(17)36-42-13-41-24-22(30)18(28)11-19(29)23(24)31)34-20-5-4-15(10-21(20)40-3)26(39)33-16-6-8-37(2)9-7-16/h4-5,10-12,16H,6-9,13H2,1-3H3,(H,33,39)(H2,32,34,35,36). The van der Waals surface area contributed by atoms with E-state index in [1.165, 1.54) is 20.2 Å². The van der Waals surface area contributed by atoms with Crippen molar-refractivity contribution in [2.24, 2.45) is 0 Å². The first-order valence-electron chi connectivity index (χ1n) is 12.7. The fraction of sp³-hybridized carbons (Fsp3) is 0.333. The van der Waals surface area contributed by atoms with Crippen molar-refractivity contribution < 1.29 is 41.5 Å². The summed E-state index contributed by atoms with van der Waals surface area (Å²) in [5.74, 6) is -8.63. The summed E-state index contributed by atoms with van der Waals surface area (Å²) >= 11 is 0. The summed E-state index contributed by atoms with van der Waals surface area (Å²) in [5.41, 5.74) is 3.08. The van der Waals surface area contributed by atoms with Crippen LogP contribution in [0.4, 0.5) is 35.0 Å². The third-order valence-corrected chi connectivity index (χ3v) is 6.43. The highest BCUT2D eigenvalue weighted by atomic mass is 19.2. The molecule has 3 N–H and O–H groups in total. The van der Waals surface area contributed by atoms with Gasteiger partial charge in [0.1, 0.15) is 5.75 Å². The highest BCUT2D eigenvalue weighted by molar-refractivity contribution is 5.98. The van der Waals surface area contributed by atoms with Crippen molar-refractivity contribution in [3.05, 3.63) is 64.9 Å². The third-order valence-electron chi connectivity index (χ3n) is 6.43. The van der Waals surface area contributed by atoms with Gasteiger partial charge < -0.3 is 25.0 Å². The van der Waals surface area contributed by atoms with Crippen molar-refractivity contribution in [2.45, 2.75) is 25.8 Å². The molecule has 224 valence electrons. The van der Waals surface area contributed by atoms with Crippen LogP contribution < -0.4 is 25.6 Å². The zero-order chi connectivity index (χ0) is 30.4. The van der Waals surface area contributed by atoms with E-state index in [1.54, 1.807) is 18.2 Å². The van der Waals surface area contributed by atoms with Gasteiger partial charge in [-0.3, -0.25) is 9.59 Å². The Morgan fingerprint density at radius 1 is 1.07 bits per heavy atom. The Kier molecular flexibility index (Phi) is 9.75. The number of nitrogens with zero attached hydrogens (tertiary/aromatic N) is 3. The second kappa shape index (κ2) is 13.4. The average molecular weight is 593 g/mol. The Morgan fingerprint density at radius 3 is 2.40 bits per heavy atom. The van der Waals surface area contributed by atoms with Gasteiger partial charge in [0.25, 0.3) is 5.91 Å². The van der Waals surface area contributed by atoms with Crippen LogP contribution in [0.25, 0.3) is 0 Å². The number of piperidine rings is 1. The van der Waals surface area contributed by atoms with Crippen LogP contribution in [0.15, 0.2) is 30.5 Å². The number of ketones is 1. The minimum atomic E-state index is -1.74. The minimum Gasteiger partial charge on any atom is -0.495 e. The first-order chi connectivity index (χ1) is 20.1. The molecule has 1 amide bonds. The molecule has 4 rings (SSSR count). The van der Waals surface area contributed by atoms with E-state index in [1.807, 2.05) is 7.05 Å². The SMILES string of the molecule is COc1cc(C(=O)NC2CCN(C)CC2)ccc1Nc1ncc(C(C)=O)c(NOCOc2c(F)c(F)cc(F)c2F)n1. The number of nitrogens with one attached hydrogen (secondary N) is 3. The number of aromatic nitrogens is 2. The van der Waals surface area contributed by atoms with Gasteiger partial charge in [-0.25, -0.2) is 24.1 Å². The van der Waals surface area contributed by atoms with Gasteiger partial charge in [0.05, 0.1) is 18.4 Å². The molecular formula is C27H28F4N6O5. The Hall–Kier alpha value is -4.50. The van der Waals surface area contributed by atoms with Gasteiger partial charge in [0.15, 0.2) is 29.0 Å². The molecule has 1 aliphatic heterocycles. The Balaban J connectivity index is 1.43. The van der Waals surface area contributed by atoms with E-state index in [4.69, 9.17) is 9.57 Å². The minimum absolute atomic E-state index is 0.0115. The molecule has 0 bridgehead atoms. The average Bonchev–Trinajstić information content (AvgIpc) is 2.97. The number of ether oxygens (including phenoxy) is 2. The molecule has 0 spiro atoms. The molecular weight excluding hydrogens is 564 g/mol. The van der Waals surface area contributed by atoms with E-state index in [9.17, 15) is 27.2 Å². The second-order valence-electron chi connectivity index (χ2n) is 9.41. The highest BCUT2D eigenvalue weighted by Crippen LogP contribution is 2.29. The molecule has 0 atom stereocenters. The summed E-state index contributed by atoms with van der Waals surface area (Å²) in [6, 6.07) is 4.88. The maximum atomic E-state index is 13.8. The van der Waals surface area contributed by atoms with Crippen molar-refractivity contribution in [3.8, 4) is 11.5 Å². The molecule has 0 saturated carbocycles. The molecule has 0 aliphatic carbocycles. The van der Waals surface area contributed by atoms with E-state index < -0.39 is 41.6 Å². The van der Waals surface area contributed by atoms with Crippen LogP contribution in [-0.4, -0.2) is 66.6 Å². The second-order valence-corrected chi connectivity index (χ2v) is 9.41. The van der Waals surface area contributed by atoms with Crippen LogP contribution >= 0.6 is 0 Å². The van der Waals surface area contributed by atoms with Gasteiger partial charge in [0, 0.05) is 23.9 Å². The lowest BCUT2D eigenvalue weighted by molar-refractivity contribution is 0.0415. The summed E-state index contributed by atoms with van der Waals surface area (Å²) in [7, 11) is 3.46. The van der Waals surface area contributed by atoms with E-state index in [0.29, 0.717) is 17.0 Å². The zero-order valence-corrected chi connectivity index (χ0v) is 22.9. The normalized spacial score (nSPS) is 13.9. The number of rotatable bonds is 11. The number of carbonyl (C=O) groups is 2. The number of Topliss-reactive ketones (excluding diaryl/α,β-unsaturated/α-hetero) is 1. The van der Waals surface area contributed by atoms with Gasteiger partial charge in [-0.1, -0.05) is 0 Å². The number of likely N-dealkylation sites (tertiary alicyclic amines) is 1. The van der Waals surface area contributed by atoms with Crippen LogP contribution in [-0.2, 0) is 4.84 Å². The van der Waals surface area contributed by atoms with E-state index >= 15 is 0 Å². The van der Waals surface area contributed by atoms with E-state index in [0.717, 1.165) is 25.9 Å². The van der Waals surface area contributed by atoms with Gasteiger partial charge in [-0.15, -0.1) is 0 Å². The van der Waals surface area contributed by atoms with Crippen molar-refractivity contribution in [2.75, 3.05) is 44.8 Å². The smallest absolute Gasteiger partial charge is 0.251 e. The third kappa shape index (κ3) is 7.22. The molecule has 1 fully saturated rings. The summed E-state index contributed by atoms with van der Waals surface area (Å²) < 4.78 is 64.4. The lowest BCUT2D eigenvalue weighted by Crippen LogP contribution is -2.43. The molecule has 3 aromatic rings. The van der Waals surface area contributed by atoms with Crippen molar-refractivity contribution in [3.63, 3.8) is 0 Å². The Morgan fingerprint density at radius 2 is 1.76 bits per heavy atom. The molecule has 0 radical (unpaired) electrons. The van der Waals surface area contributed by atoms with Crippen molar-refractivity contribution >= 4 is 29.1 Å². The summed E-state index contributed by atoms with van der Waals surface area (Å²) in [4.78, 5) is 40.3. The maximum absolute atomic E-state index is 13.8. The fourth-order valence-corrected chi connectivity index (χ4v) is 4.12. The molecule has 1 aromatic heterocycles. The summed E-state index contributed by atoms with van der Waals surface area (Å²) in [5, 5.41) is 5.96. The predicted molar refractivity (Wildman–Crippen MR) is 143 cm³/mol. The number of hydrogen-bond acceptors (Lipinski definition) is 10. The van der Waals surface area contributed by atoms with E-state index in [-0.39, 0.29) is 35.3 Å². The molecule has 1 saturated heterocycles. The van der Waals surface area contributed by atoms with Crippen LogP contribution in [0, 0.1) is 23.3 Å². The topological polar surface area (TPSA) is 127 Å². The van der Waals surface area contributed by atoms with Gasteiger partial charge >= 0.3 is 0 Å². The van der Waals surface area contributed by atoms with E-state index in [2.05, 4.69) is 35.7 Å². The number of anilines is 3. The number of carbonyl (C=O) groups excluding carboxylic acids is 2. The molecule has 1 aliphatic rings. The first kappa shape index (κ1) is 30.5. The fourth-order valence-electron chi connectivity index (χ4n) is 4.12. The molecule has 2 aromatic carbocycles. The molecule has 42 heavy (non-hydrogen) atoms. The van der Waals surface area contributed by atoms with Crippen molar-refractivity contribution in [1.29, 1.82) is 0 Å². The van der Waals surface area contributed by atoms with Crippen LogP contribution in [0.3, 0.4) is 0 Å². The highest BCUT2D eigenvalue weighted by Gasteiger charge is 2.22. The summed E-state index contributed by atoms with van der Waals surface area (Å²) in [6.45, 7) is 2.12. The first-order valence-corrected chi connectivity index (χ1v) is 12.7. The quantitative estimate of drug-likeness (QED) is 0.0745. The van der Waals surface area contributed by atoms with Crippen LogP contribution in [0.5, 0.6) is 11.5 Å². The molecule has 0 unspecified atom stereocenters. The number of hydrogen-bond donors (Lipinski definition) is 3. The molecule has 2 heterocycles. The van der Waals surface area contributed by atoms with Gasteiger partial charge in [-0.05, 0) is 58.1 Å². The van der Waals surface area contributed by atoms with Crippen molar-refractivity contribution in [1.82, 2.24) is 20.2 Å². The number of amides is 1. The van der Waals surface area contributed by atoms with Gasteiger partial charge in [-0.2, -0.15) is 13.8 Å². The molecule has 11 nitrogen and oxygen atoms in total.